The minimum absolute atomic E-state index is 0. The maximum atomic E-state index is 10.7. The molecule has 0 rings (SSSR count). The Hall–Kier alpha value is 0.400. The van der Waals surface area contributed by atoms with Crippen LogP contribution in [0.2, 0.25) is 0 Å². The highest BCUT2D eigenvalue weighted by atomic mass is 79.9. The topological polar surface area (TPSA) is 46.2 Å². The monoisotopic (exact) mass is 393 g/mol. The first-order valence-electron chi connectivity index (χ1n) is 10.1. The Morgan fingerprint density at radius 3 is 1.48 bits per heavy atom. The zero-order valence-corrected chi connectivity index (χ0v) is 17.8. The van der Waals surface area contributed by atoms with Crippen LogP contribution >= 0.6 is 17.0 Å². The van der Waals surface area contributed by atoms with Crippen molar-refractivity contribution in [3.05, 3.63) is 0 Å². The fourth-order valence-corrected chi connectivity index (χ4v) is 3.27. The Morgan fingerprint density at radius 1 is 0.696 bits per heavy atom. The lowest BCUT2D eigenvalue weighted by molar-refractivity contribution is 0.0592. The number of hydrogen-bond acceptors (Lipinski definition) is 2. The van der Waals surface area contributed by atoms with Crippen LogP contribution in [0.5, 0.6) is 0 Å². The smallest absolute Gasteiger partial charge is 0.0719 e. The molecule has 0 aromatic carbocycles. The van der Waals surface area contributed by atoms with Crippen molar-refractivity contribution >= 4 is 17.0 Å². The van der Waals surface area contributed by atoms with Gasteiger partial charge in [-0.3, -0.25) is 0 Å². The highest BCUT2D eigenvalue weighted by molar-refractivity contribution is 8.93. The molecule has 0 aliphatic heterocycles. The van der Waals surface area contributed by atoms with Crippen molar-refractivity contribution in [2.24, 2.45) is 5.73 Å². The van der Waals surface area contributed by atoms with E-state index in [0.717, 1.165) is 25.7 Å². The summed E-state index contributed by atoms with van der Waals surface area (Å²) in [6, 6.07) is 0. The third-order valence-electron chi connectivity index (χ3n) is 4.99. The van der Waals surface area contributed by atoms with Gasteiger partial charge in [0.1, 0.15) is 0 Å². The minimum Gasteiger partial charge on any atom is -0.391 e. The second-order valence-corrected chi connectivity index (χ2v) is 7.22. The zero-order valence-electron chi connectivity index (χ0n) is 16.1. The van der Waals surface area contributed by atoms with Gasteiger partial charge in [-0.1, -0.05) is 97.8 Å². The van der Waals surface area contributed by atoms with Crippen molar-refractivity contribution < 1.29 is 5.11 Å². The van der Waals surface area contributed by atoms with Crippen LogP contribution in [0, 0.1) is 0 Å². The van der Waals surface area contributed by atoms with Crippen LogP contribution in [0.4, 0.5) is 0 Å². The molecule has 0 amide bonds. The van der Waals surface area contributed by atoms with Gasteiger partial charge < -0.3 is 10.8 Å². The molecule has 0 saturated heterocycles. The first kappa shape index (κ1) is 25.6. The second kappa shape index (κ2) is 17.2. The number of aliphatic hydroxyl groups is 1. The molecule has 0 aliphatic carbocycles. The Kier molecular flexibility index (Phi) is 19.2. The number of hydrogen-bond donors (Lipinski definition) is 2. The van der Waals surface area contributed by atoms with Crippen LogP contribution in [-0.4, -0.2) is 16.7 Å². The van der Waals surface area contributed by atoms with E-state index >= 15 is 0 Å². The molecule has 3 N–H and O–H groups in total. The molecule has 0 radical (unpaired) electrons. The van der Waals surface area contributed by atoms with Gasteiger partial charge in [0.05, 0.1) is 6.10 Å². The number of unbranched alkanes of at least 4 members (excludes halogenated alkanes) is 9. The summed E-state index contributed by atoms with van der Waals surface area (Å²) in [4.78, 5) is 0. The molecule has 0 saturated carbocycles. The summed E-state index contributed by atoms with van der Waals surface area (Å²) in [5.41, 5.74) is 6.33. The van der Waals surface area contributed by atoms with Gasteiger partial charge in [0.15, 0.2) is 0 Å². The molecular formula is C20H44BrNO. The van der Waals surface area contributed by atoms with Gasteiger partial charge in [-0.15, -0.1) is 17.0 Å². The largest absolute Gasteiger partial charge is 0.391 e. The average molecular weight is 394 g/mol. The van der Waals surface area contributed by atoms with E-state index in [2.05, 4.69) is 20.8 Å². The van der Waals surface area contributed by atoms with E-state index in [9.17, 15) is 5.11 Å². The Morgan fingerprint density at radius 2 is 1.09 bits per heavy atom. The summed E-state index contributed by atoms with van der Waals surface area (Å²) in [6.45, 7) is 6.71. The summed E-state index contributed by atoms with van der Waals surface area (Å²) < 4.78 is 0. The normalized spacial score (nSPS) is 12.9. The summed E-state index contributed by atoms with van der Waals surface area (Å²) in [5, 5.41) is 10.7. The number of halogens is 1. The van der Waals surface area contributed by atoms with Crippen LogP contribution in [0.3, 0.4) is 0 Å². The highest BCUT2D eigenvalue weighted by Crippen LogP contribution is 2.27. The van der Waals surface area contributed by atoms with Crippen molar-refractivity contribution in [3.8, 4) is 0 Å². The SMILES string of the molecule is Br.CCCCCCC(O)C(N)(CCCCCC)CCCCCC. The molecular weight excluding hydrogens is 350 g/mol. The van der Waals surface area contributed by atoms with Gasteiger partial charge in [0, 0.05) is 5.54 Å². The third-order valence-corrected chi connectivity index (χ3v) is 4.99. The Labute approximate surface area is 156 Å². The van der Waals surface area contributed by atoms with Crippen molar-refractivity contribution in [1.29, 1.82) is 0 Å². The predicted octanol–water partition coefficient (Wildman–Crippen LogP) is 6.53. The van der Waals surface area contributed by atoms with Crippen LogP contribution in [0.1, 0.15) is 117 Å². The molecule has 2 nitrogen and oxygen atoms in total. The van der Waals surface area contributed by atoms with E-state index in [4.69, 9.17) is 5.73 Å². The van der Waals surface area contributed by atoms with Gasteiger partial charge >= 0.3 is 0 Å². The number of aliphatic hydroxyl groups excluding tert-OH is 1. The molecule has 142 valence electrons. The molecule has 0 aliphatic rings. The minimum atomic E-state index is -0.340. The van der Waals surface area contributed by atoms with Crippen LogP contribution in [-0.2, 0) is 0 Å². The van der Waals surface area contributed by atoms with Gasteiger partial charge in [-0.25, -0.2) is 0 Å². The Balaban J connectivity index is 0. The molecule has 0 aromatic rings. The molecule has 0 spiro atoms. The summed E-state index contributed by atoms with van der Waals surface area (Å²) in [5.74, 6) is 0. The summed E-state index contributed by atoms with van der Waals surface area (Å²) in [7, 11) is 0. The third kappa shape index (κ3) is 13.4. The maximum absolute atomic E-state index is 10.7. The first-order valence-corrected chi connectivity index (χ1v) is 10.1. The molecule has 0 bridgehead atoms. The van der Waals surface area contributed by atoms with Crippen LogP contribution in [0.25, 0.3) is 0 Å². The van der Waals surface area contributed by atoms with Crippen molar-refractivity contribution in [3.63, 3.8) is 0 Å². The van der Waals surface area contributed by atoms with E-state index in [-0.39, 0.29) is 28.6 Å². The van der Waals surface area contributed by atoms with Crippen molar-refractivity contribution in [2.75, 3.05) is 0 Å². The fraction of sp³-hybridized carbons (Fsp3) is 1.00. The molecule has 0 aromatic heterocycles. The quantitative estimate of drug-likeness (QED) is 0.292. The van der Waals surface area contributed by atoms with Crippen LogP contribution < -0.4 is 5.73 Å². The lowest BCUT2D eigenvalue weighted by Crippen LogP contribution is -2.50. The maximum Gasteiger partial charge on any atom is 0.0719 e. The summed E-state index contributed by atoms with van der Waals surface area (Å²) >= 11 is 0. The standard InChI is InChI=1S/C20H43NO.BrH/c1-4-7-10-13-16-19(22)20(21,17-14-11-8-5-2)18-15-12-9-6-3;/h19,22H,4-18,21H2,1-3H3;1H. The molecule has 3 heteroatoms. The first-order chi connectivity index (χ1) is 10.6. The number of rotatable bonds is 16. The lowest BCUT2D eigenvalue weighted by atomic mass is 9.80. The van der Waals surface area contributed by atoms with E-state index in [1.165, 1.54) is 70.6 Å². The molecule has 1 unspecified atom stereocenters. The van der Waals surface area contributed by atoms with E-state index < -0.39 is 0 Å². The van der Waals surface area contributed by atoms with Gasteiger partial charge in [0.25, 0.3) is 0 Å². The van der Waals surface area contributed by atoms with Gasteiger partial charge in [-0.2, -0.15) is 0 Å². The molecule has 1 atom stereocenters. The van der Waals surface area contributed by atoms with E-state index in [1.807, 2.05) is 0 Å². The van der Waals surface area contributed by atoms with E-state index in [1.54, 1.807) is 0 Å². The van der Waals surface area contributed by atoms with Gasteiger partial charge in [-0.05, 0) is 19.3 Å². The highest BCUT2D eigenvalue weighted by Gasteiger charge is 2.32. The zero-order chi connectivity index (χ0) is 16.7. The predicted molar refractivity (Wildman–Crippen MR) is 110 cm³/mol. The second-order valence-electron chi connectivity index (χ2n) is 7.22. The summed E-state index contributed by atoms with van der Waals surface area (Å²) in [6.07, 6.45) is 17.4. The van der Waals surface area contributed by atoms with Crippen molar-refractivity contribution in [1.82, 2.24) is 0 Å². The Bertz CT molecular complexity index is 224. The van der Waals surface area contributed by atoms with E-state index in [0.29, 0.717) is 0 Å². The molecule has 23 heavy (non-hydrogen) atoms. The lowest BCUT2D eigenvalue weighted by Gasteiger charge is -2.35. The number of nitrogens with two attached hydrogens (primary N) is 1. The van der Waals surface area contributed by atoms with Crippen molar-refractivity contribution in [2.45, 2.75) is 129 Å². The average Bonchev–Trinajstić information content (AvgIpc) is 2.52. The van der Waals surface area contributed by atoms with Gasteiger partial charge in [0.2, 0.25) is 0 Å². The fourth-order valence-electron chi connectivity index (χ4n) is 3.27. The van der Waals surface area contributed by atoms with Crippen LogP contribution in [0.15, 0.2) is 0 Å². The molecule has 0 fully saturated rings. The molecule has 0 heterocycles.